The predicted molar refractivity (Wildman–Crippen MR) is 219 cm³/mol. The largest absolute Gasteiger partial charge is 0.394 e. The maximum atomic E-state index is 11.8. The van der Waals surface area contributed by atoms with Gasteiger partial charge in [-0.05, 0) is 6.42 Å². The third-order valence-corrected chi connectivity index (χ3v) is 13.7. The van der Waals surface area contributed by atoms with Crippen molar-refractivity contribution < 1.29 is 148 Å². The van der Waals surface area contributed by atoms with Crippen molar-refractivity contribution in [3.63, 3.8) is 0 Å². The predicted octanol–water partition coefficient (Wildman–Crippen LogP) is -10.8. The summed E-state index contributed by atoms with van der Waals surface area (Å²) in [4.78, 5) is 0. The maximum absolute atomic E-state index is 11.8. The summed E-state index contributed by atoms with van der Waals surface area (Å²) in [6.07, 6.45) is -54.7. The number of aliphatic hydroxyl groups is 17. The number of hydrogen-bond donors (Lipinski definition) is 17. The van der Waals surface area contributed by atoms with E-state index in [0.717, 1.165) is 6.42 Å². The average Bonchev–Trinajstić information content (AvgIpc) is 3.36. The van der Waals surface area contributed by atoms with Gasteiger partial charge in [-0.3, -0.25) is 0 Å². The smallest absolute Gasteiger partial charge is 0.187 e. The van der Waals surface area contributed by atoms with Gasteiger partial charge in [0.25, 0.3) is 0 Å². The van der Waals surface area contributed by atoms with Crippen molar-refractivity contribution in [1.82, 2.24) is 0 Å². The molecule has 30 nitrogen and oxygen atoms in total. The number of hydrogen-bond acceptors (Lipinski definition) is 30. The van der Waals surface area contributed by atoms with Crippen molar-refractivity contribution >= 4 is 0 Å². The number of aliphatic hydroxyl groups excluding tert-OH is 17. The van der Waals surface area contributed by atoms with Crippen molar-refractivity contribution in [1.29, 1.82) is 0 Å². The lowest BCUT2D eigenvalue weighted by atomic mass is 9.94. The molecule has 0 aliphatic carbocycles. The van der Waals surface area contributed by atoms with Crippen LogP contribution in [0.5, 0.6) is 0 Å². The molecule has 0 aromatic rings. The standard InChI is InChI=1S/C41H70O30/c1-2-3-4-5-59-35-28(58)41-65-17(11-47)34(35)71-40-27(57)22(52)32(15(9-45)64-40)69-38-25(55)20(50)30(13(7-43)62-38)67-36-23(53)18(48)29(12(6-42)60-36)66-37-24(54)19(49)31(14(8-44)61-37)68-39-26(56)21(51)33(70-41)16(10-46)63-39/h12-58H,2-11H2,1H3/t12-,13-,14-,15-,16-,17-,18-,19-,20-,21-,22-,23-,24-,25-,26-,27-,28-,29-,30-,31-,32-,33-,34+,35-,36-,37-,38-,39-,40-,41-/m1/s1. The molecule has 414 valence electrons. The van der Waals surface area contributed by atoms with Crippen molar-refractivity contribution in [2.75, 3.05) is 46.2 Å². The Hall–Kier alpha value is -1.20. The molecular formula is C41H70O30. The summed E-state index contributed by atoms with van der Waals surface area (Å²) in [5, 5.41) is 188. The van der Waals surface area contributed by atoms with E-state index in [-0.39, 0.29) is 6.61 Å². The zero-order chi connectivity index (χ0) is 51.6. The van der Waals surface area contributed by atoms with E-state index >= 15 is 0 Å². The Kier molecular flexibility index (Phi) is 20.5. The molecule has 22 aliphatic rings. The van der Waals surface area contributed by atoms with Gasteiger partial charge in [-0.2, -0.15) is 0 Å². The first-order valence-corrected chi connectivity index (χ1v) is 23.6. The Morgan fingerprint density at radius 3 is 0.746 bits per heavy atom. The van der Waals surface area contributed by atoms with E-state index in [1.54, 1.807) is 0 Å². The molecule has 30 heteroatoms. The molecule has 30 atom stereocenters. The van der Waals surface area contributed by atoms with E-state index in [4.69, 9.17) is 61.6 Å². The maximum Gasteiger partial charge on any atom is 0.187 e. The summed E-state index contributed by atoms with van der Waals surface area (Å²) in [6, 6.07) is 0. The second-order valence-corrected chi connectivity index (χ2v) is 18.4. The van der Waals surface area contributed by atoms with E-state index in [2.05, 4.69) is 0 Å². The minimum Gasteiger partial charge on any atom is -0.394 e. The number of rotatable bonds is 11. The zero-order valence-corrected chi connectivity index (χ0v) is 38.3. The van der Waals surface area contributed by atoms with Gasteiger partial charge in [0, 0.05) is 6.61 Å². The Balaban J connectivity index is 1.21. The van der Waals surface area contributed by atoms with Crippen LogP contribution < -0.4 is 0 Å². The minimum absolute atomic E-state index is 0.0260. The molecule has 22 aliphatic heterocycles. The first-order chi connectivity index (χ1) is 34.0. The van der Waals surface area contributed by atoms with E-state index in [9.17, 15) is 86.8 Å². The number of unbranched alkanes of at least 4 members (excludes halogenated alkanes) is 2. The van der Waals surface area contributed by atoms with Crippen LogP contribution in [0.4, 0.5) is 0 Å². The average molecular weight is 1040 g/mol. The summed E-state index contributed by atoms with van der Waals surface area (Å²) in [5.74, 6) is 0. The van der Waals surface area contributed by atoms with Crippen LogP contribution in [-0.4, -0.2) is 317 Å². The molecule has 0 radical (unpaired) electrons. The van der Waals surface area contributed by atoms with Gasteiger partial charge in [-0.15, -0.1) is 0 Å². The van der Waals surface area contributed by atoms with Crippen LogP contribution in [0, 0.1) is 0 Å². The Morgan fingerprint density at radius 1 is 0.282 bits per heavy atom. The highest BCUT2D eigenvalue weighted by Gasteiger charge is 2.59. The zero-order valence-electron chi connectivity index (χ0n) is 38.3. The van der Waals surface area contributed by atoms with Crippen LogP contribution in [0.2, 0.25) is 0 Å². The fraction of sp³-hybridized carbons (Fsp3) is 1.00. The van der Waals surface area contributed by atoms with Gasteiger partial charge < -0.3 is 148 Å². The summed E-state index contributed by atoms with van der Waals surface area (Å²) in [5.41, 5.74) is 0. The third kappa shape index (κ3) is 11.9. The van der Waals surface area contributed by atoms with E-state index in [1.165, 1.54) is 0 Å². The molecule has 12 bridgehead atoms. The quantitative estimate of drug-likeness (QED) is 0.0855. The second kappa shape index (κ2) is 25.3. The van der Waals surface area contributed by atoms with Gasteiger partial charge in [-0.1, -0.05) is 19.8 Å². The molecule has 22 saturated heterocycles. The monoisotopic (exact) mass is 1040 g/mol. The fourth-order valence-corrected chi connectivity index (χ4v) is 9.68. The molecule has 0 aromatic carbocycles. The van der Waals surface area contributed by atoms with Crippen LogP contribution in [-0.2, 0) is 61.6 Å². The molecule has 17 N–H and O–H groups in total. The summed E-state index contributed by atoms with van der Waals surface area (Å²) in [6.45, 7) is -3.90. The highest BCUT2D eigenvalue weighted by Crippen LogP contribution is 2.38. The van der Waals surface area contributed by atoms with Crippen LogP contribution >= 0.6 is 0 Å². The van der Waals surface area contributed by atoms with Crippen molar-refractivity contribution in [3.05, 3.63) is 0 Å². The molecule has 0 unspecified atom stereocenters. The van der Waals surface area contributed by atoms with Gasteiger partial charge >= 0.3 is 0 Å². The van der Waals surface area contributed by atoms with Gasteiger partial charge in [0.1, 0.15) is 146 Å². The van der Waals surface area contributed by atoms with Crippen molar-refractivity contribution in [2.45, 2.75) is 210 Å². The third-order valence-electron chi connectivity index (χ3n) is 13.7. The van der Waals surface area contributed by atoms with Crippen molar-refractivity contribution in [3.8, 4) is 0 Å². The Bertz CT molecular complexity index is 1600. The highest BCUT2D eigenvalue weighted by atomic mass is 16.8. The molecule has 22 heterocycles. The van der Waals surface area contributed by atoms with Gasteiger partial charge in [0.05, 0.1) is 39.6 Å². The summed E-state index contributed by atoms with van der Waals surface area (Å²) in [7, 11) is 0. The van der Waals surface area contributed by atoms with E-state index in [1.807, 2.05) is 6.92 Å². The SMILES string of the molecule is CCCCCO[C@@H]1[C@@H](O)[C@H]2O[C@H]3[C@H](O)[C@@H](O)[C@@H](O[C@H]4[C@H](O)[C@@H](O)[C@@H](O[C@H]5[C@H](O)[C@@H](O)[C@@H](O[C@H]6[C@H](O)[C@@H](O)[C@@H](O[C@H]7[C@H](O)[C@@H](O)[C@@H](O[C@H]1[C@@H](CO)O2)O[C@@H]7CO)O[C@@H]6CO)O[C@@H]5CO)O[C@@H]4CO)O[C@@H]3CO. The molecule has 0 spiro atoms. The lowest BCUT2D eigenvalue weighted by Gasteiger charge is -2.51. The van der Waals surface area contributed by atoms with E-state index in [0.29, 0.717) is 12.8 Å². The van der Waals surface area contributed by atoms with Crippen LogP contribution in [0.15, 0.2) is 0 Å². The molecule has 0 aromatic heterocycles. The lowest BCUT2D eigenvalue weighted by Crippen LogP contribution is -2.69. The number of ether oxygens (including phenoxy) is 13. The highest BCUT2D eigenvalue weighted by molar-refractivity contribution is 5.01. The molecule has 0 saturated carbocycles. The normalized spacial score (nSPS) is 52.3. The molecule has 22 fully saturated rings. The summed E-state index contributed by atoms with van der Waals surface area (Å²) < 4.78 is 75.6. The first kappa shape index (κ1) is 57.5. The van der Waals surface area contributed by atoms with Crippen LogP contribution in [0.3, 0.4) is 0 Å². The Labute approximate surface area is 404 Å². The summed E-state index contributed by atoms with van der Waals surface area (Å²) >= 11 is 0. The first-order valence-electron chi connectivity index (χ1n) is 23.6. The van der Waals surface area contributed by atoms with Crippen LogP contribution in [0.25, 0.3) is 0 Å². The molecular weight excluding hydrogens is 972 g/mol. The van der Waals surface area contributed by atoms with Gasteiger partial charge in [-0.25, -0.2) is 0 Å². The molecule has 71 heavy (non-hydrogen) atoms. The van der Waals surface area contributed by atoms with Crippen LogP contribution in [0.1, 0.15) is 26.2 Å². The molecule has 0 amide bonds. The minimum atomic E-state index is -2.14. The fourth-order valence-electron chi connectivity index (χ4n) is 9.68. The van der Waals surface area contributed by atoms with Gasteiger partial charge in [0.2, 0.25) is 0 Å². The van der Waals surface area contributed by atoms with E-state index < -0.39 is 224 Å². The second-order valence-electron chi connectivity index (χ2n) is 18.4. The lowest BCUT2D eigenvalue weighted by molar-refractivity contribution is -0.404. The molecule has 22 rings (SSSR count). The van der Waals surface area contributed by atoms with Gasteiger partial charge in [0.15, 0.2) is 37.7 Å². The Morgan fingerprint density at radius 2 is 0.507 bits per heavy atom. The van der Waals surface area contributed by atoms with Crippen molar-refractivity contribution in [2.24, 2.45) is 0 Å². The topological polar surface area (TPSA) is 464 Å².